The van der Waals surface area contributed by atoms with Crippen molar-refractivity contribution in [3.05, 3.63) is 77.9 Å². The maximum Gasteiger partial charge on any atom is 0.437 e. The number of halogens is 3. The average molecular weight is 434 g/mol. The molecule has 0 aliphatic carbocycles. The number of carbonyl (C=O) groups excluding carboxylic acids is 2. The average Bonchev–Trinajstić information content (AvgIpc) is 2.71. The summed E-state index contributed by atoms with van der Waals surface area (Å²) in [5, 5.41) is 14.4. The molecule has 2 aromatic rings. The van der Waals surface area contributed by atoms with E-state index in [4.69, 9.17) is 4.74 Å². The molecule has 0 saturated carbocycles. The van der Waals surface area contributed by atoms with E-state index < -0.39 is 35.7 Å². The molecule has 31 heavy (non-hydrogen) atoms. The second kappa shape index (κ2) is 8.43. The van der Waals surface area contributed by atoms with Gasteiger partial charge in [0.2, 0.25) is 5.72 Å². The van der Waals surface area contributed by atoms with Crippen molar-refractivity contribution in [2.75, 3.05) is 6.61 Å². The van der Waals surface area contributed by atoms with Gasteiger partial charge in [0.1, 0.15) is 18.3 Å². The highest BCUT2D eigenvalue weighted by Crippen LogP contribution is 2.44. The van der Waals surface area contributed by atoms with Crippen LogP contribution in [0.4, 0.5) is 18.0 Å². The minimum Gasteiger partial charge on any atom is -0.490 e. The largest absolute Gasteiger partial charge is 0.490 e. The van der Waals surface area contributed by atoms with Gasteiger partial charge in [-0.15, -0.1) is 0 Å². The molecule has 2 aromatic carbocycles. The first kappa shape index (κ1) is 22.4. The third kappa shape index (κ3) is 4.41. The summed E-state index contributed by atoms with van der Waals surface area (Å²) in [5.41, 5.74) is -2.77. The van der Waals surface area contributed by atoms with Crippen LogP contribution in [0.25, 0.3) is 0 Å². The molecule has 3 rings (SSSR count). The van der Waals surface area contributed by atoms with Crippen molar-refractivity contribution in [1.29, 1.82) is 0 Å². The number of benzene rings is 2. The Morgan fingerprint density at radius 1 is 1.19 bits per heavy atom. The van der Waals surface area contributed by atoms with E-state index >= 15 is 0 Å². The fraction of sp³-hybridized carbons (Fsp3) is 0.273. The van der Waals surface area contributed by atoms with E-state index in [0.717, 1.165) is 5.56 Å². The van der Waals surface area contributed by atoms with Crippen molar-refractivity contribution < 1.29 is 32.6 Å². The standard InChI is InChI=1S/C22H21F3N2O4/c1-3-12-31-16-10-8-14(9-11-16)18-17(19(28)15-6-4-13(2)5-7-15)21(30,22(23,24)25)27-20(29)26-18/h3-11,17-18,30H,1,12H2,2H3,(H2,26,27,29)/t17-,18-,21+/m0/s1. The van der Waals surface area contributed by atoms with Gasteiger partial charge in [-0.25, -0.2) is 4.79 Å². The monoisotopic (exact) mass is 434 g/mol. The molecule has 9 heteroatoms. The maximum atomic E-state index is 13.9. The van der Waals surface area contributed by atoms with E-state index in [-0.39, 0.29) is 17.7 Å². The zero-order valence-corrected chi connectivity index (χ0v) is 16.6. The second-order valence-electron chi connectivity index (χ2n) is 7.22. The van der Waals surface area contributed by atoms with Crippen LogP contribution >= 0.6 is 0 Å². The van der Waals surface area contributed by atoms with Crippen LogP contribution in [0.15, 0.2) is 61.2 Å². The highest BCUT2D eigenvalue weighted by atomic mass is 19.4. The van der Waals surface area contributed by atoms with Crippen molar-refractivity contribution >= 4 is 11.8 Å². The van der Waals surface area contributed by atoms with Gasteiger partial charge in [0, 0.05) is 5.56 Å². The van der Waals surface area contributed by atoms with Gasteiger partial charge in [-0.3, -0.25) is 4.79 Å². The van der Waals surface area contributed by atoms with E-state index in [0.29, 0.717) is 5.75 Å². The highest BCUT2D eigenvalue weighted by molar-refractivity contribution is 6.00. The molecule has 1 fully saturated rings. The molecule has 0 radical (unpaired) electrons. The van der Waals surface area contributed by atoms with Crippen molar-refractivity contribution in [1.82, 2.24) is 10.6 Å². The first-order valence-corrected chi connectivity index (χ1v) is 9.39. The molecule has 1 aliphatic rings. The van der Waals surface area contributed by atoms with Gasteiger partial charge in [0.25, 0.3) is 0 Å². The smallest absolute Gasteiger partial charge is 0.437 e. The molecular formula is C22H21F3N2O4. The maximum absolute atomic E-state index is 13.9. The van der Waals surface area contributed by atoms with Crippen LogP contribution in [0.5, 0.6) is 5.75 Å². The van der Waals surface area contributed by atoms with E-state index in [1.54, 1.807) is 19.1 Å². The van der Waals surface area contributed by atoms with Gasteiger partial charge in [-0.2, -0.15) is 13.2 Å². The first-order valence-electron chi connectivity index (χ1n) is 9.39. The number of ether oxygens (including phenoxy) is 1. The molecular weight excluding hydrogens is 413 g/mol. The number of hydrogen-bond donors (Lipinski definition) is 3. The fourth-order valence-corrected chi connectivity index (χ4v) is 3.44. The molecule has 1 saturated heterocycles. The summed E-state index contributed by atoms with van der Waals surface area (Å²) >= 11 is 0. The zero-order valence-electron chi connectivity index (χ0n) is 16.6. The molecule has 0 bridgehead atoms. The number of alkyl halides is 3. The predicted octanol–water partition coefficient (Wildman–Crippen LogP) is 3.66. The molecule has 6 nitrogen and oxygen atoms in total. The third-order valence-corrected chi connectivity index (χ3v) is 5.03. The molecule has 0 unspecified atom stereocenters. The fourth-order valence-electron chi connectivity index (χ4n) is 3.44. The van der Waals surface area contributed by atoms with Gasteiger partial charge >= 0.3 is 12.2 Å². The van der Waals surface area contributed by atoms with Crippen LogP contribution in [0.3, 0.4) is 0 Å². The normalized spacial score (nSPS) is 23.5. The van der Waals surface area contributed by atoms with Gasteiger partial charge in [0.15, 0.2) is 5.78 Å². The SMILES string of the molecule is C=CCOc1ccc([C@@H]2NC(=O)N[C@](O)(C(F)(F)F)[C@@H]2C(=O)c2ccc(C)cc2)cc1. The van der Waals surface area contributed by atoms with Crippen molar-refractivity contribution in [2.45, 2.75) is 24.9 Å². The van der Waals surface area contributed by atoms with Crippen LogP contribution < -0.4 is 15.4 Å². The van der Waals surface area contributed by atoms with Gasteiger partial charge in [-0.05, 0) is 24.6 Å². The second-order valence-corrected chi connectivity index (χ2v) is 7.22. The Morgan fingerprint density at radius 3 is 2.35 bits per heavy atom. The number of urea groups is 1. The Labute approximate surface area is 176 Å². The Morgan fingerprint density at radius 2 is 1.81 bits per heavy atom. The van der Waals surface area contributed by atoms with Crippen molar-refractivity contribution in [3.8, 4) is 5.75 Å². The quantitative estimate of drug-likeness (QED) is 0.478. The van der Waals surface area contributed by atoms with E-state index in [1.807, 2.05) is 0 Å². The number of amides is 2. The Balaban J connectivity index is 2.07. The minimum atomic E-state index is -5.30. The molecule has 1 aliphatic heterocycles. The van der Waals surface area contributed by atoms with E-state index in [2.05, 4.69) is 11.9 Å². The lowest BCUT2D eigenvalue weighted by Crippen LogP contribution is -2.72. The lowest BCUT2D eigenvalue weighted by Gasteiger charge is -2.45. The number of hydrogen-bond acceptors (Lipinski definition) is 4. The van der Waals surface area contributed by atoms with E-state index in [9.17, 15) is 27.9 Å². The highest BCUT2D eigenvalue weighted by Gasteiger charge is 2.66. The Bertz CT molecular complexity index is 974. The Kier molecular flexibility index (Phi) is 6.08. The summed E-state index contributed by atoms with van der Waals surface area (Å²) in [4.78, 5) is 25.2. The van der Waals surface area contributed by atoms with Crippen LogP contribution in [0.1, 0.15) is 27.5 Å². The van der Waals surface area contributed by atoms with Gasteiger partial charge in [-0.1, -0.05) is 54.6 Å². The summed E-state index contributed by atoms with van der Waals surface area (Å²) in [6.07, 6.45) is -3.78. The summed E-state index contributed by atoms with van der Waals surface area (Å²) in [6, 6.07) is 9.09. The third-order valence-electron chi connectivity index (χ3n) is 5.03. The van der Waals surface area contributed by atoms with Crippen molar-refractivity contribution in [2.24, 2.45) is 5.92 Å². The lowest BCUT2D eigenvalue weighted by atomic mass is 9.77. The molecule has 2 amide bonds. The molecule has 3 N–H and O–H groups in total. The number of aryl methyl sites for hydroxylation is 1. The summed E-state index contributed by atoms with van der Waals surface area (Å²) < 4.78 is 47.1. The summed E-state index contributed by atoms with van der Waals surface area (Å²) in [7, 11) is 0. The first-order chi connectivity index (χ1) is 14.6. The molecule has 164 valence electrons. The molecule has 0 aromatic heterocycles. The predicted molar refractivity (Wildman–Crippen MR) is 107 cm³/mol. The summed E-state index contributed by atoms with van der Waals surface area (Å²) in [6.45, 7) is 5.52. The molecule has 1 heterocycles. The molecule has 3 atom stereocenters. The number of Topliss-reactive ketones (excluding diaryl/α,β-unsaturated/α-hetero) is 1. The number of nitrogens with one attached hydrogen (secondary N) is 2. The lowest BCUT2D eigenvalue weighted by molar-refractivity contribution is -0.287. The van der Waals surface area contributed by atoms with Gasteiger partial charge < -0.3 is 20.5 Å². The Hall–Kier alpha value is -3.33. The molecule has 0 spiro atoms. The van der Waals surface area contributed by atoms with Crippen LogP contribution in [-0.2, 0) is 0 Å². The summed E-state index contributed by atoms with van der Waals surface area (Å²) in [5.74, 6) is -2.62. The van der Waals surface area contributed by atoms with Crippen LogP contribution in [0.2, 0.25) is 0 Å². The topological polar surface area (TPSA) is 87.7 Å². The number of ketones is 1. The number of rotatable bonds is 6. The van der Waals surface area contributed by atoms with Crippen LogP contribution in [-0.4, -0.2) is 35.4 Å². The van der Waals surface area contributed by atoms with Crippen molar-refractivity contribution in [3.63, 3.8) is 0 Å². The van der Waals surface area contributed by atoms with Crippen LogP contribution in [0, 0.1) is 12.8 Å². The van der Waals surface area contributed by atoms with E-state index in [1.165, 1.54) is 47.8 Å². The number of aliphatic hydroxyl groups is 1. The number of carbonyl (C=O) groups is 2. The minimum absolute atomic E-state index is 0.0211. The zero-order chi connectivity index (χ0) is 22.8. The van der Waals surface area contributed by atoms with Gasteiger partial charge in [0.05, 0.1) is 6.04 Å².